The molecule has 0 saturated heterocycles. The molecule has 0 atom stereocenters. The van der Waals surface area contributed by atoms with Crippen molar-refractivity contribution in [3.05, 3.63) is 42.2 Å². The van der Waals surface area contributed by atoms with Crippen molar-refractivity contribution in [3.63, 3.8) is 0 Å². The first kappa shape index (κ1) is 19.3. The fourth-order valence-electron chi connectivity index (χ4n) is 2.79. The number of aryl methyl sites for hydroxylation is 1. The number of benzene rings is 1. The third kappa shape index (κ3) is 7.61. The predicted octanol–water partition coefficient (Wildman–Crippen LogP) is 5.55. The standard InChI is InChI=1S/C20H31N5/c1-2-3-4-5-6-7-8-9-18-10-12-19(13-11-18)23-24-20-16-22-25(17-20)15-14-21/h10-13,16-17H,2-9,14-15,21H2,1H3. The van der Waals surface area contributed by atoms with E-state index in [-0.39, 0.29) is 0 Å². The van der Waals surface area contributed by atoms with Crippen LogP contribution >= 0.6 is 0 Å². The van der Waals surface area contributed by atoms with E-state index in [1.165, 1.54) is 50.5 Å². The fraction of sp³-hybridized carbons (Fsp3) is 0.550. The molecule has 0 aliphatic carbocycles. The highest BCUT2D eigenvalue weighted by atomic mass is 15.3. The fourth-order valence-corrected chi connectivity index (χ4v) is 2.79. The van der Waals surface area contributed by atoms with Crippen LogP contribution in [0.15, 0.2) is 46.9 Å². The van der Waals surface area contributed by atoms with E-state index in [1.54, 1.807) is 10.9 Å². The second kappa shape index (κ2) is 11.5. The Morgan fingerprint density at radius 2 is 1.60 bits per heavy atom. The summed E-state index contributed by atoms with van der Waals surface area (Å²) < 4.78 is 1.78. The van der Waals surface area contributed by atoms with Gasteiger partial charge in [-0.2, -0.15) is 10.2 Å². The van der Waals surface area contributed by atoms with E-state index in [9.17, 15) is 0 Å². The number of nitrogens with zero attached hydrogens (tertiary/aromatic N) is 4. The SMILES string of the molecule is CCCCCCCCCc1ccc(N=Nc2cnn(CCN)c2)cc1. The van der Waals surface area contributed by atoms with Crippen LogP contribution in [0, 0.1) is 0 Å². The molecule has 0 unspecified atom stereocenters. The van der Waals surface area contributed by atoms with Crippen LogP contribution in [0.3, 0.4) is 0 Å². The molecule has 25 heavy (non-hydrogen) atoms. The van der Waals surface area contributed by atoms with E-state index in [2.05, 4.69) is 34.4 Å². The molecule has 0 radical (unpaired) electrons. The smallest absolute Gasteiger partial charge is 0.124 e. The Hall–Kier alpha value is -2.01. The molecule has 0 amide bonds. The summed E-state index contributed by atoms with van der Waals surface area (Å²) in [6.07, 6.45) is 14.1. The van der Waals surface area contributed by atoms with Crippen LogP contribution in [0.1, 0.15) is 57.4 Å². The molecule has 5 nitrogen and oxygen atoms in total. The summed E-state index contributed by atoms with van der Waals surface area (Å²) in [5, 5.41) is 12.7. The van der Waals surface area contributed by atoms with Gasteiger partial charge >= 0.3 is 0 Å². The molecule has 2 rings (SSSR count). The summed E-state index contributed by atoms with van der Waals surface area (Å²) in [5.74, 6) is 0. The molecule has 0 bridgehead atoms. The first-order valence-corrected chi connectivity index (χ1v) is 9.55. The minimum atomic E-state index is 0.568. The molecule has 136 valence electrons. The summed E-state index contributed by atoms with van der Waals surface area (Å²) in [4.78, 5) is 0. The van der Waals surface area contributed by atoms with E-state index in [4.69, 9.17) is 5.73 Å². The highest BCUT2D eigenvalue weighted by Gasteiger charge is 1.98. The van der Waals surface area contributed by atoms with E-state index in [1.807, 2.05) is 18.3 Å². The van der Waals surface area contributed by atoms with Crippen LogP contribution in [-0.4, -0.2) is 16.3 Å². The predicted molar refractivity (Wildman–Crippen MR) is 104 cm³/mol. The van der Waals surface area contributed by atoms with Crippen LogP contribution < -0.4 is 5.73 Å². The maximum Gasteiger partial charge on any atom is 0.124 e. The molecular weight excluding hydrogens is 310 g/mol. The van der Waals surface area contributed by atoms with Gasteiger partial charge in [0.25, 0.3) is 0 Å². The lowest BCUT2D eigenvalue weighted by Crippen LogP contribution is -2.09. The number of rotatable bonds is 12. The zero-order chi connectivity index (χ0) is 17.7. The summed E-state index contributed by atoms with van der Waals surface area (Å²) in [7, 11) is 0. The van der Waals surface area contributed by atoms with E-state index in [0.717, 1.165) is 17.8 Å². The third-order valence-corrected chi connectivity index (χ3v) is 4.26. The largest absolute Gasteiger partial charge is 0.329 e. The van der Waals surface area contributed by atoms with Gasteiger partial charge in [0.2, 0.25) is 0 Å². The monoisotopic (exact) mass is 341 g/mol. The quantitative estimate of drug-likeness (QED) is 0.406. The molecule has 0 aliphatic rings. The van der Waals surface area contributed by atoms with Crippen molar-refractivity contribution in [2.45, 2.75) is 64.8 Å². The van der Waals surface area contributed by atoms with Crippen LogP contribution in [-0.2, 0) is 13.0 Å². The summed E-state index contributed by atoms with van der Waals surface area (Å²) >= 11 is 0. The number of hydrogen-bond acceptors (Lipinski definition) is 4. The molecule has 1 aromatic heterocycles. The van der Waals surface area contributed by atoms with Gasteiger partial charge in [0.15, 0.2) is 0 Å². The molecule has 5 heteroatoms. The van der Waals surface area contributed by atoms with Crippen molar-refractivity contribution in [2.24, 2.45) is 16.0 Å². The lowest BCUT2D eigenvalue weighted by molar-refractivity contribution is 0.589. The molecule has 1 heterocycles. The van der Waals surface area contributed by atoms with Crippen molar-refractivity contribution in [1.29, 1.82) is 0 Å². The zero-order valence-electron chi connectivity index (χ0n) is 15.4. The van der Waals surface area contributed by atoms with Crippen LogP contribution in [0.4, 0.5) is 11.4 Å². The first-order valence-electron chi connectivity index (χ1n) is 9.55. The first-order chi connectivity index (χ1) is 12.3. The van der Waals surface area contributed by atoms with Crippen LogP contribution in [0.25, 0.3) is 0 Å². The highest BCUT2D eigenvalue weighted by Crippen LogP contribution is 2.19. The van der Waals surface area contributed by atoms with Crippen molar-refractivity contribution in [2.75, 3.05) is 6.54 Å². The number of azo groups is 1. The highest BCUT2D eigenvalue weighted by molar-refractivity contribution is 5.39. The van der Waals surface area contributed by atoms with Gasteiger partial charge < -0.3 is 5.73 Å². The van der Waals surface area contributed by atoms with Crippen molar-refractivity contribution >= 4 is 11.4 Å². The van der Waals surface area contributed by atoms with Gasteiger partial charge in [-0.25, -0.2) is 0 Å². The van der Waals surface area contributed by atoms with Gasteiger partial charge in [0, 0.05) is 6.54 Å². The number of unbranched alkanes of at least 4 members (excludes halogenated alkanes) is 6. The average molecular weight is 342 g/mol. The summed E-state index contributed by atoms with van der Waals surface area (Å²) in [5.41, 5.74) is 8.50. The Bertz CT molecular complexity index is 615. The lowest BCUT2D eigenvalue weighted by atomic mass is 10.0. The second-order valence-electron chi connectivity index (χ2n) is 6.49. The Labute approximate surface area is 151 Å². The second-order valence-corrected chi connectivity index (χ2v) is 6.49. The maximum absolute atomic E-state index is 5.50. The summed E-state index contributed by atoms with van der Waals surface area (Å²) in [6, 6.07) is 8.38. The van der Waals surface area contributed by atoms with Crippen LogP contribution in [0.5, 0.6) is 0 Å². The zero-order valence-corrected chi connectivity index (χ0v) is 15.4. The third-order valence-electron chi connectivity index (χ3n) is 4.26. The van der Waals surface area contributed by atoms with Crippen LogP contribution in [0.2, 0.25) is 0 Å². The number of aromatic nitrogens is 2. The minimum absolute atomic E-state index is 0.568. The van der Waals surface area contributed by atoms with Gasteiger partial charge in [-0.05, 0) is 30.5 Å². The molecule has 2 N–H and O–H groups in total. The van der Waals surface area contributed by atoms with Gasteiger partial charge in [-0.3, -0.25) is 4.68 Å². The Kier molecular flexibility index (Phi) is 8.91. The van der Waals surface area contributed by atoms with Crippen molar-refractivity contribution in [3.8, 4) is 0 Å². The lowest BCUT2D eigenvalue weighted by Gasteiger charge is -2.02. The molecule has 0 spiro atoms. The molecule has 0 aliphatic heterocycles. The molecule has 0 saturated carbocycles. The Morgan fingerprint density at radius 3 is 2.32 bits per heavy atom. The normalized spacial score (nSPS) is 11.4. The van der Waals surface area contributed by atoms with E-state index >= 15 is 0 Å². The average Bonchev–Trinajstić information content (AvgIpc) is 3.08. The van der Waals surface area contributed by atoms with Gasteiger partial charge in [-0.1, -0.05) is 57.6 Å². The van der Waals surface area contributed by atoms with Crippen molar-refractivity contribution < 1.29 is 0 Å². The minimum Gasteiger partial charge on any atom is -0.329 e. The van der Waals surface area contributed by atoms with Crippen molar-refractivity contribution in [1.82, 2.24) is 9.78 Å². The summed E-state index contributed by atoms with van der Waals surface area (Å²) in [6.45, 7) is 3.53. The number of nitrogens with two attached hydrogens (primary N) is 1. The van der Waals surface area contributed by atoms with Gasteiger partial charge in [-0.15, -0.1) is 5.11 Å². The van der Waals surface area contributed by atoms with Gasteiger partial charge in [0.05, 0.1) is 24.6 Å². The topological polar surface area (TPSA) is 68.6 Å². The maximum atomic E-state index is 5.50. The number of hydrogen-bond donors (Lipinski definition) is 1. The molecule has 0 fully saturated rings. The van der Waals surface area contributed by atoms with E-state index < -0.39 is 0 Å². The van der Waals surface area contributed by atoms with Gasteiger partial charge in [0.1, 0.15) is 5.69 Å². The molecule has 1 aromatic carbocycles. The molecular formula is C20H31N5. The molecule has 2 aromatic rings. The Morgan fingerprint density at radius 1 is 0.920 bits per heavy atom. The van der Waals surface area contributed by atoms with E-state index in [0.29, 0.717) is 13.1 Å². The Balaban J connectivity index is 1.71.